The monoisotopic (exact) mass is 379 g/mol. The van der Waals surface area contributed by atoms with Gasteiger partial charge < -0.3 is 5.32 Å². The molecule has 2 aromatic carbocycles. The predicted octanol–water partition coefficient (Wildman–Crippen LogP) is 4.88. The van der Waals surface area contributed by atoms with Crippen LogP contribution in [-0.4, -0.2) is 6.54 Å². The second kappa shape index (κ2) is 7.79. The molecule has 1 nitrogen and oxygen atoms in total. The molecule has 1 atom stereocenters. The molecule has 2 rings (SSSR count). The lowest BCUT2D eigenvalue weighted by molar-refractivity contribution is 0.529. The molecule has 0 saturated heterocycles. The molecule has 0 aliphatic rings. The average Bonchev–Trinajstić information content (AvgIpc) is 2.44. The summed E-state index contributed by atoms with van der Waals surface area (Å²) in [6.45, 7) is 5.43. The molecule has 0 aliphatic heterocycles. The van der Waals surface area contributed by atoms with Crippen LogP contribution in [0.1, 0.15) is 36.1 Å². The molecule has 106 valence electrons. The van der Waals surface area contributed by atoms with Crippen molar-refractivity contribution in [1.29, 1.82) is 0 Å². The second-order valence-corrected chi connectivity index (χ2v) is 6.50. The molecule has 1 unspecified atom stereocenters. The van der Waals surface area contributed by atoms with Gasteiger partial charge in [0.05, 0.1) is 0 Å². The highest BCUT2D eigenvalue weighted by Crippen LogP contribution is 2.20. The van der Waals surface area contributed by atoms with E-state index in [1.54, 1.807) is 0 Å². The maximum atomic E-state index is 3.67. The Morgan fingerprint density at radius 1 is 1.10 bits per heavy atom. The third-order valence-corrected chi connectivity index (χ3v) is 4.15. The van der Waals surface area contributed by atoms with Crippen LogP contribution in [0.15, 0.2) is 48.5 Å². The molecule has 0 heterocycles. The van der Waals surface area contributed by atoms with E-state index in [1.807, 2.05) is 0 Å². The Kier molecular flexibility index (Phi) is 6.05. The normalized spacial score (nSPS) is 12.3. The van der Waals surface area contributed by atoms with Gasteiger partial charge in [0.15, 0.2) is 0 Å². The van der Waals surface area contributed by atoms with Crippen LogP contribution in [-0.2, 0) is 6.42 Å². The Labute approximate surface area is 135 Å². The van der Waals surface area contributed by atoms with Crippen LogP contribution < -0.4 is 5.32 Å². The molecule has 0 amide bonds. The molecule has 1 N–H and O–H groups in total. The van der Waals surface area contributed by atoms with Gasteiger partial charge in [-0.15, -0.1) is 0 Å². The van der Waals surface area contributed by atoms with Crippen LogP contribution >= 0.6 is 22.6 Å². The standard InChI is InChI=1S/C18H22IN/c1-3-11-20-18(16-7-9-17(19)10-8-16)13-15-6-4-5-14(2)12-15/h4-10,12,18,20H,3,11,13H2,1-2H3. The summed E-state index contributed by atoms with van der Waals surface area (Å²) in [6, 6.07) is 18.1. The summed E-state index contributed by atoms with van der Waals surface area (Å²) in [7, 11) is 0. The van der Waals surface area contributed by atoms with Crippen LogP contribution in [0.25, 0.3) is 0 Å². The Morgan fingerprint density at radius 3 is 2.50 bits per heavy atom. The first kappa shape index (κ1) is 15.5. The first-order valence-electron chi connectivity index (χ1n) is 7.23. The Bertz CT molecular complexity index is 533. The molecule has 0 saturated carbocycles. The van der Waals surface area contributed by atoms with E-state index in [0.29, 0.717) is 6.04 Å². The third-order valence-electron chi connectivity index (χ3n) is 3.44. The van der Waals surface area contributed by atoms with Gasteiger partial charge >= 0.3 is 0 Å². The van der Waals surface area contributed by atoms with E-state index in [0.717, 1.165) is 19.4 Å². The molecule has 0 radical (unpaired) electrons. The van der Waals surface area contributed by atoms with Crippen LogP contribution in [0.4, 0.5) is 0 Å². The Balaban J connectivity index is 2.16. The smallest absolute Gasteiger partial charge is 0.0360 e. The zero-order chi connectivity index (χ0) is 14.4. The summed E-state index contributed by atoms with van der Waals surface area (Å²) < 4.78 is 1.29. The molecule has 2 heteroatoms. The predicted molar refractivity (Wildman–Crippen MR) is 95.1 cm³/mol. The van der Waals surface area contributed by atoms with Crippen LogP contribution in [0.3, 0.4) is 0 Å². The first-order valence-corrected chi connectivity index (χ1v) is 8.31. The quantitative estimate of drug-likeness (QED) is 0.706. The molecule has 0 aliphatic carbocycles. The number of hydrogen-bond donors (Lipinski definition) is 1. The molecule has 0 spiro atoms. The van der Waals surface area contributed by atoms with Crippen molar-refractivity contribution in [2.75, 3.05) is 6.54 Å². The van der Waals surface area contributed by atoms with Gasteiger partial charge in [0.25, 0.3) is 0 Å². The van der Waals surface area contributed by atoms with Crippen molar-refractivity contribution in [2.24, 2.45) is 0 Å². The highest BCUT2D eigenvalue weighted by Gasteiger charge is 2.11. The summed E-state index contributed by atoms with van der Waals surface area (Å²) in [5, 5.41) is 3.67. The fraction of sp³-hybridized carbons (Fsp3) is 0.333. The summed E-state index contributed by atoms with van der Waals surface area (Å²) in [4.78, 5) is 0. The third kappa shape index (κ3) is 4.60. The Morgan fingerprint density at radius 2 is 1.85 bits per heavy atom. The van der Waals surface area contributed by atoms with Gasteiger partial charge in [0, 0.05) is 9.61 Å². The van der Waals surface area contributed by atoms with E-state index in [1.165, 1.54) is 20.3 Å². The van der Waals surface area contributed by atoms with Crippen LogP contribution in [0, 0.1) is 10.5 Å². The van der Waals surface area contributed by atoms with E-state index >= 15 is 0 Å². The lowest BCUT2D eigenvalue weighted by Gasteiger charge is -2.19. The zero-order valence-electron chi connectivity index (χ0n) is 12.2. The number of nitrogens with one attached hydrogen (secondary N) is 1. The first-order chi connectivity index (χ1) is 9.69. The average molecular weight is 379 g/mol. The van der Waals surface area contributed by atoms with Crippen molar-refractivity contribution >= 4 is 22.6 Å². The van der Waals surface area contributed by atoms with Crippen molar-refractivity contribution in [3.05, 3.63) is 68.8 Å². The molecular weight excluding hydrogens is 357 g/mol. The molecule has 2 aromatic rings. The van der Waals surface area contributed by atoms with Gasteiger partial charge in [-0.25, -0.2) is 0 Å². The molecule has 20 heavy (non-hydrogen) atoms. The number of aryl methyl sites for hydroxylation is 1. The van der Waals surface area contributed by atoms with Gasteiger partial charge in [-0.05, 0) is 72.2 Å². The number of halogens is 1. The largest absolute Gasteiger partial charge is 0.310 e. The minimum Gasteiger partial charge on any atom is -0.310 e. The van der Waals surface area contributed by atoms with Crippen molar-refractivity contribution < 1.29 is 0 Å². The number of hydrogen-bond acceptors (Lipinski definition) is 1. The topological polar surface area (TPSA) is 12.0 Å². The number of benzene rings is 2. The van der Waals surface area contributed by atoms with Crippen molar-refractivity contribution in [3.8, 4) is 0 Å². The van der Waals surface area contributed by atoms with E-state index in [9.17, 15) is 0 Å². The minimum atomic E-state index is 0.397. The van der Waals surface area contributed by atoms with E-state index < -0.39 is 0 Å². The highest BCUT2D eigenvalue weighted by atomic mass is 127. The fourth-order valence-electron chi connectivity index (χ4n) is 2.40. The van der Waals surface area contributed by atoms with Crippen molar-refractivity contribution in [3.63, 3.8) is 0 Å². The summed E-state index contributed by atoms with van der Waals surface area (Å²) in [5.41, 5.74) is 4.11. The van der Waals surface area contributed by atoms with Crippen molar-refractivity contribution in [2.45, 2.75) is 32.7 Å². The minimum absolute atomic E-state index is 0.397. The second-order valence-electron chi connectivity index (χ2n) is 5.25. The van der Waals surface area contributed by atoms with E-state index in [2.05, 4.69) is 90.3 Å². The Hall–Kier alpha value is -0.870. The highest BCUT2D eigenvalue weighted by molar-refractivity contribution is 14.1. The van der Waals surface area contributed by atoms with Crippen LogP contribution in [0.5, 0.6) is 0 Å². The van der Waals surface area contributed by atoms with Crippen LogP contribution in [0.2, 0.25) is 0 Å². The SMILES string of the molecule is CCCNC(Cc1cccc(C)c1)c1ccc(I)cc1. The summed E-state index contributed by atoms with van der Waals surface area (Å²) in [6.07, 6.45) is 2.21. The molecule has 0 aromatic heterocycles. The van der Waals surface area contributed by atoms with Gasteiger partial charge in [0.2, 0.25) is 0 Å². The van der Waals surface area contributed by atoms with E-state index in [4.69, 9.17) is 0 Å². The van der Waals surface area contributed by atoms with E-state index in [-0.39, 0.29) is 0 Å². The van der Waals surface area contributed by atoms with Gasteiger partial charge in [0.1, 0.15) is 0 Å². The number of rotatable bonds is 6. The van der Waals surface area contributed by atoms with Gasteiger partial charge in [-0.2, -0.15) is 0 Å². The summed E-state index contributed by atoms with van der Waals surface area (Å²) >= 11 is 2.36. The van der Waals surface area contributed by atoms with Gasteiger partial charge in [-0.1, -0.05) is 48.9 Å². The van der Waals surface area contributed by atoms with Crippen molar-refractivity contribution in [1.82, 2.24) is 5.32 Å². The molecular formula is C18H22IN. The molecule has 0 bridgehead atoms. The lowest BCUT2D eigenvalue weighted by atomic mass is 9.98. The van der Waals surface area contributed by atoms with Gasteiger partial charge in [-0.3, -0.25) is 0 Å². The fourth-order valence-corrected chi connectivity index (χ4v) is 2.76. The maximum Gasteiger partial charge on any atom is 0.0360 e. The summed E-state index contributed by atoms with van der Waals surface area (Å²) in [5.74, 6) is 0. The lowest BCUT2D eigenvalue weighted by Crippen LogP contribution is -2.24. The maximum absolute atomic E-state index is 3.67. The zero-order valence-corrected chi connectivity index (χ0v) is 14.4. The molecule has 0 fully saturated rings.